The van der Waals surface area contributed by atoms with Gasteiger partial charge in [0.15, 0.2) is 0 Å². The van der Waals surface area contributed by atoms with E-state index in [1.165, 1.54) is 31.7 Å². The predicted molar refractivity (Wildman–Crippen MR) is 62.2 cm³/mol. The molecule has 0 aliphatic rings. The van der Waals surface area contributed by atoms with Crippen molar-refractivity contribution in [2.24, 2.45) is 0 Å². The van der Waals surface area contributed by atoms with Crippen molar-refractivity contribution in [2.45, 2.75) is 39.2 Å². The first-order chi connectivity index (χ1) is 7.33. The Morgan fingerprint density at radius 3 is 2.80 bits per heavy atom. The minimum Gasteiger partial charge on any atom is -0.313 e. The molecule has 1 nitrogen and oxygen atoms in total. The van der Waals surface area contributed by atoms with Gasteiger partial charge in [-0.1, -0.05) is 38.3 Å². The van der Waals surface area contributed by atoms with Gasteiger partial charge in [-0.05, 0) is 30.7 Å². The second-order valence-corrected chi connectivity index (χ2v) is 3.87. The van der Waals surface area contributed by atoms with E-state index in [1.54, 1.807) is 12.1 Å². The van der Waals surface area contributed by atoms with Crippen LogP contribution in [0.2, 0.25) is 0 Å². The lowest BCUT2D eigenvalue weighted by Crippen LogP contribution is -2.14. The van der Waals surface area contributed by atoms with Gasteiger partial charge in [0.25, 0.3) is 0 Å². The van der Waals surface area contributed by atoms with Crippen molar-refractivity contribution < 1.29 is 4.39 Å². The van der Waals surface area contributed by atoms with Crippen LogP contribution in [0.15, 0.2) is 24.3 Å². The summed E-state index contributed by atoms with van der Waals surface area (Å²) in [6.45, 7) is 4.00. The second kappa shape index (κ2) is 7.41. The van der Waals surface area contributed by atoms with Crippen molar-refractivity contribution in [3.8, 4) is 0 Å². The highest BCUT2D eigenvalue weighted by Gasteiger charge is 1.94. The molecule has 0 unspecified atom stereocenters. The van der Waals surface area contributed by atoms with Gasteiger partial charge in [-0.2, -0.15) is 0 Å². The zero-order chi connectivity index (χ0) is 10.9. The molecule has 0 bridgehead atoms. The molecule has 0 saturated carbocycles. The number of unbranched alkanes of at least 4 members (excludes halogenated alkanes) is 3. The van der Waals surface area contributed by atoms with Crippen molar-refractivity contribution in [1.82, 2.24) is 5.32 Å². The van der Waals surface area contributed by atoms with Gasteiger partial charge in [0.1, 0.15) is 5.82 Å². The topological polar surface area (TPSA) is 12.0 Å². The molecule has 0 fully saturated rings. The summed E-state index contributed by atoms with van der Waals surface area (Å²) in [7, 11) is 0. The average molecular weight is 209 g/mol. The Kier molecular flexibility index (Phi) is 6.02. The Morgan fingerprint density at radius 2 is 2.07 bits per heavy atom. The van der Waals surface area contributed by atoms with E-state index >= 15 is 0 Å². The maximum absolute atomic E-state index is 12.8. The summed E-state index contributed by atoms with van der Waals surface area (Å²) in [5, 5.41) is 3.32. The number of hydrogen-bond donors (Lipinski definition) is 1. The summed E-state index contributed by atoms with van der Waals surface area (Å²) in [5.74, 6) is -0.153. The Morgan fingerprint density at radius 1 is 1.20 bits per heavy atom. The van der Waals surface area contributed by atoms with Crippen LogP contribution in [0.25, 0.3) is 0 Å². The summed E-state index contributed by atoms with van der Waals surface area (Å²) in [5.41, 5.74) is 1.02. The van der Waals surface area contributed by atoms with Crippen LogP contribution in [0.5, 0.6) is 0 Å². The van der Waals surface area contributed by atoms with Gasteiger partial charge in [-0.15, -0.1) is 0 Å². The van der Waals surface area contributed by atoms with Gasteiger partial charge in [0.2, 0.25) is 0 Å². The van der Waals surface area contributed by atoms with Crippen LogP contribution in [0, 0.1) is 5.82 Å². The molecular formula is C13H20FN. The van der Waals surface area contributed by atoms with Crippen LogP contribution in [-0.4, -0.2) is 6.54 Å². The van der Waals surface area contributed by atoms with E-state index in [9.17, 15) is 4.39 Å². The number of halogens is 1. The summed E-state index contributed by atoms with van der Waals surface area (Å²) in [6, 6.07) is 6.76. The SMILES string of the molecule is CCCCCCNCc1cccc(F)c1. The van der Waals surface area contributed by atoms with E-state index in [4.69, 9.17) is 0 Å². The minimum absolute atomic E-state index is 0.153. The first kappa shape index (κ1) is 12.2. The highest BCUT2D eigenvalue weighted by molar-refractivity contribution is 5.15. The fourth-order valence-corrected chi connectivity index (χ4v) is 1.56. The van der Waals surface area contributed by atoms with Crippen LogP contribution >= 0.6 is 0 Å². The molecule has 0 amide bonds. The third-order valence-corrected chi connectivity index (χ3v) is 2.43. The van der Waals surface area contributed by atoms with Crippen molar-refractivity contribution in [1.29, 1.82) is 0 Å². The smallest absolute Gasteiger partial charge is 0.123 e. The van der Waals surface area contributed by atoms with Crippen LogP contribution in [0.4, 0.5) is 4.39 Å². The third-order valence-electron chi connectivity index (χ3n) is 2.43. The fourth-order valence-electron chi connectivity index (χ4n) is 1.56. The van der Waals surface area contributed by atoms with Crippen molar-refractivity contribution in [3.05, 3.63) is 35.6 Å². The second-order valence-electron chi connectivity index (χ2n) is 3.87. The molecule has 0 atom stereocenters. The Labute approximate surface area is 91.7 Å². The molecule has 15 heavy (non-hydrogen) atoms. The van der Waals surface area contributed by atoms with Crippen molar-refractivity contribution in [3.63, 3.8) is 0 Å². The van der Waals surface area contributed by atoms with Gasteiger partial charge in [-0.25, -0.2) is 4.39 Å². The quantitative estimate of drug-likeness (QED) is 0.678. The summed E-state index contributed by atoms with van der Waals surface area (Å²) < 4.78 is 12.8. The van der Waals surface area contributed by atoms with Crippen LogP contribution in [-0.2, 0) is 6.54 Å². The summed E-state index contributed by atoms with van der Waals surface area (Å²) in [6.07, 6.45) is 5.07. The summed E-state index contributed by atoms with van der Waals surface area (Å²) >= 11 is 0. The third kappa shape index (κ3) is 5.53. The van der Waals surface area contributed by atoms with E-state index in [-0.39, 0.29) is 5.82 Å². The lowest BCUT2D eigenvalue weighted by Gasteiger charge is -2.04. The molecule has 0 aliphatic carbocycles. The van der Waals surface area contributed by atoms with Gasteiger partial charge >= 0.3 is 0 Å². The standard InChI is InChI=1S/C13H20FN/c1-2-3-4-5-9-15-11-12-7-6-8-13(14)10-12/h6-8,10,15H,2-5,9,11H2,1H3. The fraction of sp³-hybridized carbons (Fsp3) is 0.538. The molecular weight excluding hydrogens is 189 g/mol. The molecule has 1 aromatic rings. The van der Waals surface area contributed by atoms with E-state index in [0.717, 1.165) is 18.7 Å². The van der Waals surface area contributed by atoms with Crippen LogP contribution in [0.1, 0.15) is 38.2 Å². The molecule has 0 saturated heterocycles. The number of benzene rings is 1. The number of nitrogens with one attached hydrogen (secondary N) is 1. The van der Waals surface area contributed by atoms with Crippen LogP contribution < -0.4 is 5.32 Å². The number of hydrogen-bond acceptors (Lipinski definition) is 1. The molecule has 0 spiro atoms. The molecule has 2 heteroatoms. The Balaban J connectivity index is 2.10. The van der Waals surface area contributed by atoms with Gasteiger partial charge in [0.05, 0.1) is 0 Å². The Hall–Kier alpha value is -0.890. The largest absolute Gasteiger partial charge is 0.313 e. The monoisotopic (exact) mass is 209 g/mol. The maximum atomic E-state index is 12.8. The molecule has 0 aliphatic heterocycles. The van der Waals surface area contributed by atoms with E-state index in [2.05, 4.69) is 12.2 Å². The zero-order valence-electron chi connectivity index (χ0n) is 9.43. The molecule has 0 radical (unpaired) electrons. The predicted octanol–water partition coefficient (Wildman–Crippen LogP) is 3.50. The highest BCUT2D eigenvalue weighted by Crippen LogP contribution is 2.03. The average Bonchev–Trinajstić information content (AvgIpc) is 2.23. The van der Waals surface area contributed by atoms with Crippen molar-refractivity contribution >= 4 is 0 Å². The Bertz CT molecular complexity index is 273. The van der Waals surface area contributed by atoms with Crippen molar-refractivity contribution in [2.75, 3.05) is 6.54 Å². The van der Waals surface area contributed by atoms with Gasteiger partial charge in [-0.3, -0.25) is 0 Å². The highest BCUT2D eigenvalue weighted by atomic mass is 19.1. The normalized spacial score (nSPS) is 10.5. The molecule has 1 rings (SSSR count). The van der Waals surface area contributed by atoms with E-state index in [0.29, 0.717) is 0 Å². The molecule has 0 aromatic heterocycles. The molecule has 0 heterocycles. The molecule has 84 valence electrons. The first-order valence-corrected chi connectivity index (χ1v) is 5.78. The minimum atomic E-state index is -0.153. The zero-order valence-corrected chi connectivity index (χ0v) is 9.43. The molecule has 1 N–H and O–H groups in total. The first-order valence-electron chi connectivity index (χ1n) is 5.78. The van der Waals surface area contributed by atoms with Gasteiger partial charge in [0, 0.05) is 6.54 Å². The lowest BCUT2D eigenvalue weighted by molar-refractivity contribution is 0.592. The molecule has 1 aromatic carbocycles. The van der Waals surface area contributed by atoms with E-state index in [1.807, 2.05) is 6.07 Å². The maximum Gasteiger partial charge on any atom is 0.123 e. The number of rotatable bonds is 7. The van der Waals surface area contributed by atoms with Gasteiger partial charge < -0.3 is 5.32 Å². The summed E-state index contributed by atoms with van der Waals surface area (Å²) in [4.78, 5) is 0. The lowest BCUT2D eigenvalue weighted by atomic mass is 10.2. The van der Waals surface area contributed by atoms with E-state index < -0.39 is 0 Å². The van der Waals surface area contributed by atoms with Crippen LogP contribution in [0.3, 0.4) is 0 Å².